The molecule has 3 rings (SSSR count). The highest BCUT2D eigenvalue weighted by Gasteiger charge is 2.23. The van der Waals surface area contributed by atoms with Crippen LogP contribution in [0.1, 0.15) is 29.0 Å². The van der Waals surface area contributed by atoms with Crippen LogP contribution in [0.4, 0.5) is 0 Å². The lowest BCUT2D eigenvalue weighted by molar-refractivity contribution is 0.788. The Labute approximate surface area is 101 Å². The molecule has 0 fully saturated rings. The zero-order valence-electron chi connectivity index (χ0n) is 8.99. The van der Waals surface area contributed by atoms with Crippen LogP contribution in [-0.4, -0.2) is 0 Å². The molecule has 1 unspecified atom stereocenters. The van der Waals surface area contributed by atoms with Gasteiger partial charge < -0.3 is 0 Å². The van der Waals surface area contributed by atoms with Crippen LogP contribution in [0, 0.1) is 0 Å². The largest absolute Gasteiger partial charge is 0.0843 e. The molecule has 0 aliphatic heterocycles. The Bertz CT molecular complexity index is 502. The average molecular weight is 229 g/mol. The summed E-state index contributed by atoms with van der Waals surface area (Å²) in [5.41, 5.74) is 4.28. The van der Waals surface area contributed by atoms with Crippen LogP contribution in [-0.2, 0) is 6.42 Å². The summed E-state index contributed by atoms with van der Waals surface area (Å²) in [5, 5.41) is 0.849. The zero-order valence-corrected chi connectivity index (χ0v) is 9.74. The second kappa shape index (κ2) is 3.95. The maximum Gasteiger partial charge on any atom is 0.0409 e. The molecule has 0 aromatic heterocycles. The number of hydrogen-bond donors (Lipinski definition) is 0. The molecule has 0 N–H and O–H groups in total. The first-order valence-electron chi connectivity index (χ1n) is 5.68. The Morgan fingerprint density at radius 3 is 2.62 bits per heavy atom. The molecule has 0 bridgehead atoms. The minimum atomic E-state index is 0.537. The molecule has 1 aliphatic carbocycles. The zero-order chi connectivity index (χ0) is 11.0. The van der Waals surface area contributed by atoms with Crippen molar-refractivity contribution in [3.63, 3.8) is 0 Å². The second-order valence-corrected chi connectivity index (χ2v) is 4.78. The predicted octanol–water partition coefficient (Wildman–Crippen LogP) is 4.42. The number of benzene rings is 2. The monoisotopic (exact) mass is 228 g/mol. The van der Waals surface area contributed by atoms with E-state index in [2.05, 4.69) is 42.5 Å². The molecule has 16 heavy (non-hydrogen) atoms. The third-order valence-electron chi connectivity index (χ3n) is 3.39. The first kappa shape index (κ1) is 9.92. The first-order valence-corrected chi connectivity index (χ1v) is 6.05. The average Bonchev–Trinajstić information content (AvgIpc) is 2.73. The molecule has 0 saturated carbocycles. The lowest BCUT2D eigenvalue weighted by Crippen LogP contribution is -1.95. The Morgan fingerprint density at radius 2 is 1.81 bits per heavy atom. The predicted molar refractivity (Wildman–Crippen MR) is 68.1 cm³/mol. The van der Waals surface area contributed by atoms with Crippen LogP contribution in [0.15, 0.2) is 48.5 Å². The van der Waals surface area contributed by atoms with E-state index in [1.54, 1.807) is 0 Å². The van der Waals surface area contributed by atoms with Crippen molar-refractivity contribution in [2.75, 3.05) is 0 Å². The Kier molecular flexibility index (Phi) is 2.45. The Morgan fingerprint density at radius 1 is 1.00 bits per heavy atom. The SMILES string of the molecule is Clc1ccc2c(c1)C(c1ccccc1)CC2. The number of fused-ring (bicyclic) bond motifs is 1. The molecule has 0 amide bonds. The number of hydrogen-bond acceptors (Lipinski definition) is 0. The topological polar surface area (TPSA) is 0 Å². The highest BCUT2D eigenvalue weighted by atomic mass is 35.5. The minimum Gasteiger partial charge on any atom is -0.0843 e. The fourth-order valence-electron chi connectivity index (χ4n) is 2.60. The number of halogens is 1. The van der Waals surface area contributed by atoms with E-state index in [4.69, 9.17) is 11.6 Å². The van der Waals surface area contributed by atoms with Gasteiger partial charge in [-0.1, -0.05) is 48.0 Å². The summed E-state index contributed by atoms with van der Waals surface area (Å²) in [6.45, 7) is 0. The van der Waals surface area contributed by atoms with E-state index in [9.17, 15) is 0 Å². The third kappa shape index (κ3) is 1.64. The molecule has 0 nitrogen and oxygen atoms in total. The molecular weight excluding hydrogens is 216 g/mol. The molecule has 1 atom stereocenters. The fraction of sp³-hybridized carbons (Fsp3) is 0.200. The van der Waals surface area contributed by atoms with Gasteiger partial charge in [0.25, 0.3) is 0 Å². The molecule has 1 heteroatoms. The van der Waals surface area contributed by atoms with E-state index in [1.165, 1.54) is 29.5 Å². The van der Waals surface area contributed by atoms with Crippen LogP contribution in [0.5, 0.6) is 0 Å². The van der Waals surface area contributed by atoms with Gasteiger partial charge in [0.1, 0.15) is 0 Å². The molecule has 0 spiro atoms. The van der Waals surface area contributed by atoms with Crippen LogP contribution < -0.4 is 0 Å². The first-order chi connectivity index (χ1) is 7.84. The van der Waals surface area contributed by atoms with Gasteiger partial charge in [0, 0.05) is 10.9 Å². The van der Waals surface area contributed by atoms with Crippen LogP contribution in [0.2, 0.25) is 5.02 Å². The van der Waals surface area contributed by atoms with Gasteiger partial charge in [-0.05, 0) is 41.7 Å². The lowest BCUT2D eigenvalue weighted by Gasteiger charge is -2.12. The molecule has 1 aliphatic rings. The minimum absolute atomic E-state index is 0.537. The highest BCUT2D eigenvalue weighted by molar-refractivity contribution is 6.30. The van der Waals surface area contributed by atoms with Crippen molar-refractivity contribution in [2.45, 2.75) is 18.8 Å². The summed E-state index contributed by atoms with van der Waals surface area (Å²) in [7, 11) is 0. The van der Waals surface area contributed by atoms with Crippen LogP contribution >= 0.6 is 11.6 Å². The summed E-state index contributed by atoms with van der Waals surface area (Å²) in [5.74, 6) is 0.537. The van der Waals surface area contributed by atoms with Crippen molar-refractivity contribution in [1.82, 2.24) is 0 Å². The lowest BCUT2D eigenvalue weighted by atomic mass is 9.93. The van der Waals surface area contributed by atoms with Gasteiger partial charge in [-0.3, -0.25) is 0 Å². The molecule has 0 saturated heterocycles. The van der Waals surface area contributed by atoms with Gasteiger partial charge in [0.2, 0.25) is 0 Å². The molecule has 2 aromatic rings. The van der Waals surface area contributed by atoms with Crippen molar-refractivity contribution >= 4 is 11.6 Å². The number of aryl methyl sites for hydroxylation is 1. The summed E-state index contributed by atoms with van der Waals surface area (Å²) >= 11 is 6.08. The third-order valence-corrected chi connectivity index (χ3v) is 3.62. The summed E-state index contributed by atoms with van der Waals surface area (Å²) in [4.78, 5) is 0. The van der Waals surface area contributed by atoms with Gasteiger partial charge in [0.15, 0.2) is 0 Å². The van der Waals surface area contributed by atoms with Crippen molar-refractivity contribution in [1.29, 1.82) is 0 Å². The van der Waals surface area contributed by atoms with Crippen molar-refractivity contribution in [2.24, 2.45) is 0 Å². The van der Waals surface area contributed by atoms with E-state index >= 15 is 0 Å². The number of rotatable bonds is 1. The van der Waals surface area contributed by atoms with E-state index < -0.39 is 0 Å². The maximum atomic E-state index is 6.08. The van der Waals surface area contributed by atoms with E-state index in [1.807, 2.05) is 6.07 Å². The molecule has 80 valence electrons. The van der Waals surface area contributed by atoms with Crippen LogP contribution in [0.25, 0.3) is 0 Å². The van der Waals surface area contributed by atoms with Gasteiger partial charge in [-0.25, -0.2) is 0 Å². The van der Waals surface area contributed by atoms with Gasteiger partial charge >= 0.3 is 0 Å². The van der Waals surface area contributed by atoms with Gasteiger partial charge in [-0.15, -0.1) is 0 Å². The van der Waals surface area contributed by atoms with Crippen molar-refractivity contribution < 1.29 is 0 Å². The quantitative estimate of drug-likeness (QED) is 0.678. The van der Waals surface area contributed by atoms with Crippen molar-refractivity contribution in [3.05, 3.63) is 70.2 Å². The molecule has 0 radical (unpaired) electrons. The smallest absolute Gasteiger partial charge is 0.0409 e. The summed E-state index contributed by atoms with van der Waals surface area (Å²) in [6.07, 6.45) is 2.38. The van der Waals surface area contributed by atoms with Gasteiger partial charge in [0.05, 0.1) is 0 Å². The van der Waals surface area contributed by atoms with E-state index in [0.717, 1.165) is 5.02 Å². The normalized spacial score (nSPS) is 18.4. The van der Waals surface area contributed by atoms with E-state index in [0.29, 0.717) is 5.92 Å². The van der Waals surface area contributed by atoms with E-state index in [-0.39, 0.29) is 0 Å². The highest BCUT2D eigenvalue weighted by Crippen LogP contribution is 2.38. The molecule has 2 aromatic carbocycles. The van der Waals surface area contributed by atoms with Crippen molar-refractivity contribution in [3.8, 4) is 0 Å². The van der Waals surface area contributed by atoms with Crippen LogP contribution in [0.3, 0.4) is 0 Å². The maximum absolute atomic E-state index is 6.08. The summed E-state index contributed by atoms with van der Waals surface area (Å²) < 4.78 is 0. The second-order valence-electron chi connectivity index (χ2n) is 4.35. The standard InChI is InChI=1S/C15H13Cl/c16-13-8-6-12-7-9-14(15(12)10-13)11-4-2-1-3-5-11/h1-6,8,10,14H,7,9H2. The molecule has 0 heterocycles. The Balaban J connectivity index is 2.06. The Hall–Kier alpha value is -1.27. The molecular formula is C15H13Cl. The summed E-state index contributed by atoms with van der Waals surface area (Å²) in [6, 6.07) is 17.0. The van der Waals surface area contributed by atoms with Gasteiger partial charge in [-0.2, -0.15) is 0 Å². The fourth-order valence-corrected chi connectivity index (χ4v) is 2.79.